The first-order valence-electron chi connectivity index (χ1n) is 12.7. The molecule has 0 unspecified atom stereocenters. The summed E-state index contributed by atoms with van der Waals surface area (Å²) in [6.07, 6.45) is -2.42. The van der Waals surface area contributed by atoms with Crippen molar-refractivity contribution in [3.05, 3.63) is 131 Å². The number of carbonyl (C=O) groups excluding carboxylic acids is 1. The van der Waals surface area contributed by atoms with Gasteiger partial charge in [-0.3, -0.25) is 9.69 Å². The van der Waals surface area contributed by atoms with E-state index < -0.39 is 17.6 Å². The summed E-state index contributed by atoms with van der Waals surface area (Å²) in [6, 6.07) is 28.8. The van der Waals surface area contributed by atoms with Crippen molar-refractivity contribution in [3.63, 3.8) is 0 Å². The number of ether oxygens (including phenoxy) is 1. The average Bonchev–Trinajstić information content (AvgIpc) is 2.94. The van der Waals surface area contributed by atoms with Gasteiger partial charge in [0.2, 0.25) is 11.8 Å². The Balaban J connectivity index is 1.51. The summed E-state index contributed by atoms with van der Waals surface area (Å²) in [5, 5.41) is 0. The van der Waals surface area contributed by atoms with Gasteiger partial charge in [0.15, 0.2) is 0 Å². The van der Waals surface area contributed by atoms with Gasteiger partial charge in [-0.25, -0.2) is 4.98 Å². The average molecular weight is 534 g/mol. The van der Waals surface area contributed by atoms with Crippen LogP contribution in [0.5, 0.6) is 5.88 Å². The molecule has 0 saturated heterocycles. The summed E-state index contributed by atoms with van der Waals surface area (Å²) in [4.78, 5) is 17.5. The Labute approximate surface area is 226 Å². The lowest BCUT2D eigenvalue weighted by Gasteiger charge is -2.29. The number of halogens is 3. The molecule has 2 N–H and O–H groups in total. The minimum absolute atomic E-state index is 0.0297. The number of hydrogen-bond acceptors (Lipinski definition) is 4. The number of pyridine rings is 1. The van der Waals surface area contributed by atoms with Crippen molar-refractivity contribution in [2.45, 2.75) is 25.1 Å². The lowest BCUT2D eigenvalue weighted by atomic mass is 9.90. The monoisotopic (exact) mass is 533 g/mol. The van der Waals surface area contributed by atoms with E-state index in [0.29, 0.717) is 49.7 Å². The first-order valence-corrected chi connectivity index (χ1v) is 12.7. The molecule has 1 amide bonds. The molecule has 0 radical (unpaired) electrons. The Morgan fingerprint density at radius 2 is 1.56 bits per heavy atom. The fraction of sp³-hybridized carbons (Fsp3) is 0.226. The summed E-state index contributed by atoms with van der Waals surface area (Å²) in [5.41, 5.74) is 7.75. The van der Waals surface area contributed by atoms with Crippen LogP contribution in [0.25, 0.3) is 0 Å². The van der Waals surface area contributed by atoms with Gasteiger partial charge in [-0.1, -0.05) is 78.9 Å². The number of aromatic nitrogens is 1. The van der Waals surface area contributed by atoms with Gasteiger partial charge < -0.3 is 10.5 Å². The summed E-state index contributed by atoms with van der Waals surface area (Å²) < 4.78 is 45.9. The summed E-state index contributed by atoms with van der Waals surface area (Å²) in [5.74, 6) is -0.163. The van der Waals surface area contributed by atoms with Crippen molar-refractivity contribution in [1.82, 2.24) is 9.88 Å². The molecule has 0 aliphatic carbocycles. The van der Waals surface area contributed by atoms with Crippen molar-refractivity contribution in [1.29, 1.82) is 0 Å². The number of carbonyl (C=O) groups is 1. The largest absolute Gasteiger partial charge is 0.478 e. The second-order valence-corrected chi connectivity index (χ2v) is 9.26. The minimum atomic E-state index is -4.40. The number of alkyl halides is 3. The molecule has 39 heavy (non-hydrogen) atoms. The number of nitrogens with zero attached hydrogens (tertiary/aromatic N) is 2. The standard InChI is InChI=1S/C31H30F3N3O2/c32-31(33,34)27-14-7-9-23(19-27)21-37(17-8-18-39-29-16-15-26(20-36-29)30(35)38)22-28(24-10-3-1-4-11-24)25-12-5-2-6-13-25/h1-7,9-16,19-20,28H,8,17-18,21-22H2,(H2,35,38). The molecule has 0 saturated carbocycles. The van der Waals surface area contributed by atoms with Gasteiger partial charge in [-0.2, -0.15) is 13.2 Å². The quantitative estimate of drug-likeness (QED) is 0.217. The lowest BCUT2D eigenvalue weighted by Crippen LogP contribution is -2.31. The molecular formula is C31H30F3N3O2. The zero-order valence-corrected chi connectivity index (χ0v) is 21.4. The summed E-state index contributed by atoms with van der Waals surface area (Å²) in [7, 11) is 0. The molecule has 8 heteroatoms. The third kappa shape index (κ3) is 8.15. The van der Waals surface area contributed by atoms with Gasteiger partial charge in [0.1, 0.15) is 0 Å². The zero-order valence-electron chi connectivity index (χ0n) is 21.4. The van der Waals surface area contributed by atoms with Crippen LogP contribution >= 0.6 is 0 Å². The SMILES string of the molecule is NC(=O)c1ccc(OCCCN(Cc2cccc(C(F)(F)F)c2)CC(c2ccccc2)c2ccccc2)nc1. The number of benzene rings is 3. The van der Waals surface area contributed by atoms with Crippen molar-refractivity contribution >= 4 is 5.91 Å². The van der Waals surface area contributed by atoms with Gasteiger partial charge in [0, 0.05) is 37.8 Å². The van der Waals surface area contributed by atoms with Gasteiger partial charge in [-0.15, -0.1) is 0 Å². The van der Waals surface area contributed by atoms with E-state index in [9.17, 15) is 18.0 Å². The summed E-state index contributed by atoms with van der Waals surface area (Å²) >= 11 is 0. The van der Waals surface area contributed by atoms with E-state index in [4.69, 9.17) is 10.5 Å². The van der Waals surface area contributed by atoms with E-state index in [2.05, 4.69) is 34.1 Å². The molecular weight excluding hydrogens is 503 g/mol. The van der Waals surface area contributed by atoms with E-state index in [1.54, 1.807) is 18.2 Å². The number of amides is 1. The maximum absolute atomic E-state index is 13.4. The third-order valence-electron chi connectivity index (χ3n) is 6.39. The minimum Gasteiger partial charge on any atom is -0.478 e. The maximum Gasteiger partial charge on any atom is 0.416 e. The van der Waals surface area contributed by atoms with E-state index in [-0.39, 0.29) is 5.92 Å². The van der Waals surface area contributed by atoms with Crippen molar-refractivity contribution < 1.29 is 22.7 Å². The van der Waals surface area contributed by atoms with Crippen LogP contribution in [0.15, 0.2) is 103 Å². The van der Waals surface area contributed by atoms with Crippen LogP contribution in [0.3, 0.4) is 0 Å². The molecule has 0 atom stereocenters. The van der Waals surface area contributed by atoms with E-state index >= 15 is 0 Å². The summed E-state index contributed by atoms with van der Waals surface area (Å²) in [6.45, 7) is 1.90. The second kappa shape index (κ2) is 13.1. The first-order chi connectivity index (χ1) is 18.8. The van der Waals surface area contributed by atoms with Crippen LogP contribution in [0.2, 0.25) is 0 Å². The normalized spacial score (nSPS) is 11.6. The Kier molecular flexibility index (Phi) is 9.33. The number of hydrogen-bond donors (Lipinski definition) is 1. The zero-order chi connectivity index (χ0) is 27.7. The predicted octanol–water partition coefficient (Wildman–Crippen LogP) is 6.30. The molecule has 5 nitrogen and oxygen atoms in total. The Morgan fingerprint density at radius 3 is 2.13 bits per heavy atom. The number of primary amides is 1. The Bertz CT molecular complexity index is 1290. The Hall–Kier alpha value is -4.17. The van der Waals surface area contributed by atoms with Crippen molar-refractivity contribution in [2.24, 2.45) is 5.73 Å². The molecule has 0 fully saturated rings. The Morgan fingerprint density at radius 1 is 0.897 bits per heavy atom. The fourth-order valence-electron chi connectivity index (χ4n) is 4.45. The fourth-order valence-corrected chi connectivity index (χ4v) is 4.45. The number of rotatable bonds is 12. The van der Waals surface area contributed by atoms with Crippen LogP contribution in [-0.2, 0) is 12.7 Å². The van der Waals surface area contributed by atoms with Crippen LogP contribution in [0.4, 0.5) is 13.2 Å². The van der Waals surface area contributed by atoms with Crippen LogP contribution in [0.1, 0.15) is 45.0 Å². The molecule has 4 rings (SSSR count). The molecule has 0 aliphatic rings. The maximum atomic E-state index is 13.4. The van der Waals surface area contributed by atoms with Gasteiger partial charge in [0.05, 0.1) is 17.7 Å². The van der Waals surface area contributed by atoms with E-state index in [0.717, 1.165) is 17.2 Å². The molecule has 1 aromatic heterocycles. The second-order valence-electron chi connectivity index (χ2n) is 9.26. The van der Waals surface area contributed by atoms with Gasteiger partial charge in [0.25, 0.3) is 0 Å². The van der Waals surface area contributed by atoms with Crippen molar-refractivity contribution in [2.75, 3.05) is 19.7 Å². The third-order valence-corrected chi connectivity index (χ3v) is 6.39. The van der Waals surface area contributed by atoms with Crippen LogP contribution < -0.4 is 10.5 Å². The molecule has 1 heterocycles. The molecule has 3 aromatic carbocycles. The van der Waals surface area contributed by atoms with E-state index in [1.165, 1.54) is 18.3 Å². The van der Waals surface area contributed by atoms with Crippen LogP contribution in [0, 0.1) is 0 Å². The molecule has 0 spiro atoms. The van der Waals surface area contributed by atoms with Gasteiger partial charge >= 0.3 is 6.18 Å². The van der Waals surface area contributed by atoms with Crippen LogP contribution in [-0.4, -0.2) is 35.5 Å². The lowest BCUT2D eigenvalue weighted by molar-refractivity contribution is -0.137. The molecule has 202 valence electrons. The smallest absolute Gasteiger partial charge is 0.416 e. The first kappa shape index (κ1) is 27.9. The highest BCUT2D eigenvalue weighted by Crippen LogP contribution is 2.31. The predicted molar refractivity (Wildman–Crippen MR) is 144 cm³/mol. The molecule has 0 aliphatic heterocycles. The van der Waals surface area contributed by atoms with Gasteiger partial charge in [-0.05, 0) is 35.2 Å². The highest BCUT2D eigenvalue weighted by Gasteiger charge is 2.30. The van der Waals surface area contributed by atoms with E-state index in [1.807, 2.05) is 36.4 Å². The molecule has 0 bridgehead atoms. The highest BCUT2D eigenvalue weighted by molar-refractivity contribution is 5.92. The van der Waals surface area contributed by atoms with Crippen molar-refractivity contribution in [3.8, 4) is 5.88 Å². The number of nitrogens with two attached hydrogens (primary N) is 1. The highest BCUT2D eigenvalue weighted by atomic mass is 19.4. The topological polar surface area (TPSA) is 68.5 Å². The molecule has 4 aromatic rings.